The van der Waals surface area contributed by atoms with E-state index in [1.807, 2.05) is 42.0 Å². The van der Waals surface area contributed by atoms with Crippen molar-refractivity contribution in [3.63, 3.8) is 0 Å². The molecule has 0 atom stereocenters. The van der Waals surface area contributed by atoms with Gasteiger partial charge in [-0.1, -0.05) is 18.2 Å². The van der Waals surface area contributed by atoms with Gasteiger partial charge in [-0.2, -0.15) is 5.10 Å². The summed E-state index contributed by atoms with van der Waals surface area (Å²) in [6.07, 6.45) is 5.33. The summed E-state index contributed by atoms with van der Waals surface area (Å²) in [5.41, 5.74) is 5.11. The van der Waals surface area contributed by atoms with E-state index in [1.165, 1.54) is 0 Å². The molecule has 1 aromatic heterocycles. The molecule has 0 bridgehead atoms. The summed E-state index contributed by atoms with van der Waals surface area (Å²) in [5, 5.41) is 4.13. The fourth-order valence-corrected chi connectivity index (χ4v) is 2.37. The number of benzene rings is 2. The Labute approximate surface area is 157 Å². The summed E-state index contributed by atoms with van der Waals surface area (Å²) in [4.78, 5) is 16.0. The third kappa shape index (κ3) is 4.94. The minimum atomic E-state index is -0.341. The molecule has 3 aromatic rings. The number of hydrogen-bond acceptors (Lipinski definition) is 5. The number of rotatable bonds is 7. The average molecular weight is 364 g/mol. The molecule has 2 aromatic carbocycles. The van der Waals surface area contributed by atoms with E-state index in [4.69, 9.17) is 9.47 Å². The number of nitrogens with one attached hydrogen (secondary N) is 1. The number of amides is 1. The van der Waals surface area contributed by atoms with Gasteiger partial charge in [-0.05, 0) is 36.8 Å². The maximum Gasteiger partial charge on any atom is 0.277 e. The molecule has 0 spiro atoms. The Morgan fingerprint density at radius 3 is 2.67 bits per heavy atom. The summed E-state index contributed by atoms with van der Waals surface area (Å²) in [5.74, 6) is 0.883. The summed E-state index contributed by atoms with van der Waals surface area (Å²) in [6, 6.07) is 14.9. The van der Waals surface area contributed by atoms with Crippen molar-refractivity contribution >= 4 is 11.6 Å². The summed E-state index contributed by atoms with van der Waals surface area (Å²) >= 11 is 0. The number of hydrogen-bond donors (Lipinski definition) is 1. The second kappa shape index (κ2) is 8.66. The van der Waals surface area contributed by atoms with E-state index in [9.17, 15) is 4.79 Å². The molecule has 1 amide bonds. The molecule has 0 aliphatic carbocycles. The molecule has 138 valence electrons. The maximum absolute atomic E-state index is 11.9. The van der Waals surface area contributed by atoms with E-state index in [-0.39, 0.29) is 12.5 Å². The number of imidazole rings is 1. The lowest BCUT2D eigenvalue weighted by molar-refractivity contribution is -0.123. The molecule has 0 saturated carbocycles. The Morgan fingerprint density at radius 1 is 1.19 bits per heavy atom. The van der Waals surface area contributed by atoms with Crippen LogP contribution in [0.2, 0.25) is 0 Å². The quantitative estimate of drug-likeness (QED) is 0.517. The predicted octanol–water partition coefficient (Wildman–Crippen LogP) is 2.80. The van der Waals surface area contributed by atoms with Crippen LogP contribution in [0.5, 0.6) is 11.5 Å². The minimum absolute atomic E-state index is 0.135. The Balaban J connectivity index is 1.54. The standard InChI is InChI=1S/C20H20N4O3/c1-15(16-6-8-17(9-7-16)24-11-10-21-14-24)22-23-20(25)13-27-19-5-3-4-18(12-19)26-2/h3-12,14H,13H2,1-2H3,(H,23,25)/b22-15+. The molecule has 0 saturated heterocycles. The Kier molecular flexibility index (Phi) is 5.84. The highest BCUT2D eigenvalue weighted by Gasteiger charge is 2.04. The number of aromatic nitrogens is 2. The van der Waals surface area contributed by atoms with Gasteiger partial charge in [0.05, 0.1) is 19.1 Å². The lowest BCUT2D eigenvalue weighted by Crippen LogP contribution is -2.25. The second-order valence-corrected chi connectivity index (χ2v) is 5.72. The lowest BCUT2D eigenvalue weighted by Gasteiger charge is -2.07. The maximum atomic E-state index is 11.9. The van der Waals surface area contributed by atoms with Gasteiger partial charge in [0, 0.05) is 24.1 Å². The van der Waals surface area contributed by atoms with Gasteiger partial charge in [-0.15, -0.1) is 0 Å². The van der Waals surface area contributed by atoms with Crippen LogP contribution in [0.15, 0.2) is 72.4 Å². The Bertz CT molecular complexity index is 919. The molecule has 0 aliphatic heterocycles. The van der Waals surface area contributed by atoms with Gasteiger partial charge < -0.3 is 14.0 Å². The minimum Gasteiger partial charge on any atom is -0.497 e. The SMILES string of the molecule is COc1cccc(OCC(=O)N/N=C(\C)c2ccc(-n3ccnc3)cc2)c1. The third-order valence-electron chi connectivity index (χ3n) is 3.85. The van der Waals surface area contributed by atoms with E-state index in [0.29, 0.717) is 17.2 Å². The van der Waals surface area contributed by atoms with E-state index < -0.39 is 0 Å². The predicted molar refractivity (Wildman–Crippen MR) is 102 cm³/mol. The van der Waals surface area contributed by atoms with Gasteiger partial charge in [-0.25, -0.2) is 10.4 Å². The van der Waals surface area contributed by atoms with Crippen molar-refractivity contribution in [2.45, 2.75) is 6.92 Å². The molecule has 1 heterocycles. The number of carbonyl (C=O) groups is 1. The zero-order valence-corrected chi connectivity index (χ0v) is 15.1. The van der Waals surface area contributed by atoms with Crippen LogP contribution in [0.1, 0.15) is 12.5 Å². The number of carbonyl (C=O) groups excluding carboxylic acids is 1. The van der Waals surface area contributed by atoms with Gasteiger partial charge in [0.25, 0.3) is 5.91 Å². The van der Waals surface area contributed by atoms with Crippen LogP contribution < -0.4 is 14.9 Å². The molecule has 7 nitrogen and oxygen atoms in total. The number of methoxy groups -OCH3 is 1. The third-order valence-corrected chi connectivity index (χ3v) is 3.85. The van der Waals surface area contributed by atoms with Crippen LogP contribution in [0.4, 0.5) is 0 Å². The summed E-state index contributed by atoms with van der Waals surface area (Å²) in [7, 11) is 1.57. The Morgan fingerprint density at radius 2 is 1.96 bits per heavy atom. The first-order valence-electron chi connectivity index (χ1n) is 8.34. The summed E-state index contributed by atoms with van der Waals surface area (Å²) < 4.78 is 12.5. The highest BCUT2D eigenvalue weighted by Crippen LogP contribution is 2.18. The van der Waals surface area contributed by atoms with Crippen molar-refractivity contribution in [2.24, 2.45) is 5.10 Å². The molecule has 1 N–H and O–H groups in total. The molecule has 0 unspecified atom stereocenters. The van der Waals surface area contributed by atoms with Crippen LogP contribution in [0.3, 0.4) is 0 Å². The van der Waals surface area contributed by atoms with Crippen molar-refractivity contribution in [2.75, 3.05) is 13.7 Å². The first-order valence-corrected chi connectivity index (χ1v) is 8.34. The average Bonchev–Trinajstić information content (AvgIpc) is 3.25. The van der Waals surface area contributed by atoms with E-state index in [1.54, 1.807) is 43.9 Å². The highest BCUT2D eigenvalue weighted by atomic mass is 16.5. The van der Waals surface area contributed by atoms with Crippen molar-refractivity contribution in [3.8, 4) is 17.2 Å². The van der Waals surface area contributed by atoms with Crippen LogP contribution in [0, 0.1) is 0 Å². The fourth-order valence-electron chi connectivity index (χ4n) is 2.37. The zero-order valence-electron chi connectivity index (χ0n) is 15.1. The first-order chi connectivity index (χ1) is 13.2. The van der Waals surface area contributed by atoms with Gasteiger partial charge in [0.15, 0.2) is 6.61 Å². The molecule has 3 rings (SSSR count). The second-order valence-electron chi connectivity index (χ2n) is 5.72. The lowest BCUT2D eigenvalue weighted by atomic mass is 10.1. The summed E-state index contributed by atoms with van der Waals surface area (Å²) in [6.45, 7) is 1.69. The molecular weight excluding hydrogens is 344 g/mol. The molecular formula is C20H20N4O3. The van der Waals surface area contributed by atoms with Gasteiger partial charge in [-0.3, -0.25) is 4.79 Å². The van der Waals surface area contributed by atoms with Gasteiger partial charge in [0.1, 0.15) is 11.5 Å². The van der Waals surface area contributed by atoms with E-state index in [0.717, 1.165) is 11.3 Å². The number of hydrazone groups is 1. The van der Waals surface area contributed by atoms with Crippen molar-refractivity contribution in [3.05, 3.63) is 72.8 Å². The first kappa shape index (κ1) is 18.2. The fraction of sp³-hybridized carbons (Fsp3) is 0.150. The molecule has 0 radical (unpaired) electrons. The molecule has 7 heteroatoms. The number of ether oxygens (including phenoxy) is 2. The van der Waals surface area contributed by atoms with Crippen LogP contribution in [-0.2, 0) is 4.79 Å². The van der Waals surface area contributed by atoms with E-state index >= 15 is 0 Å². The van der Waals surface area contributed by atoms with E-state index in [2.05, 4.69) is 15.5 Å². The van der Waals surface area contributed by atoms with Crippen LogP contribution >= 0.6 is 0 Å². The van der Waals surface area contributed by atoms with Crippen molar-refractivity contribution in [1.29, 1.82) is 0 Å². The normalized spacial score (nSPS) is 11.1. The van der Waals surface area contributed by atoms with Gasteiger partial charge >= 0.3 is 0 Å². The largest absolute Gasteiger partial charge is 0.497 e. The van der Waals surface area contributed by atoms with Crippen molar-refractivity contribution < 1.29 is 14.3 Å². The number of nitrogens with zero attached hydrogens (tertiary/aromatic N) is 3. The zero-order chi connectivity index (χ0) is 19.1. The highest BCUT2D eigenvalue weighted by molar-refractivity contribution is 5.99. The Hall–Kier alpha value is -3.61. The smallest absolute Gasteiger partial charge is 0.277 e. The van der Waals surface area contributed by atoms with Crippen LogP contribution in [0.25, 0.3) is 5.69 Å². The molecule has 27 heavy (non-hydrogen) atoms. The van der Waals surface area contributed by atoms with Gasteiger partial charge in [0.2, 0.25) is 0 Å². The monoisotopic (exact) mass is 364 g/mol. The van der Waals surface area contributed by atoms with Crippen molar-refractivity contribution in [1.82, 2.24) is 15.0 Å². The molecule has 0 aliphatic rings. The molecule has 0 fully saturated rings. The topological polar surface area (TPSA) is 77.7 Å². The van der Waals surface area contributed by atoms with Crippen LogP contribution in [-0.4, -0.2) is 34.9 Å².